The average Bonchev–Trinajstić information content (AvgIpc) is 2.67. The van der Waals surface area contributed by atoms with Crippen LogP contribution >= 0.6 is 0 Å². The van der Waals surface area contributed by atoms with Crippen LogP contribution in [0.1, 0.15) is 23.7 Å². The maximum atomic E-state index is 12.4. The van der Waals surface area contributed by atoms with E-state index in [1.807, 2.05) is 13.0 Å². The first-order valence-corrected chi connectivity index (χ1v) is 8.10. The Morgan fingerprint density at radius 3 is 2.72 bits per heavy atom. The number of nitriles is 2. The summed E-state index contributed by atoms with van der Waals surface area (Å²) in [5.41, 5.74) is 1.79. The normalized spacial score (nSPS) is 13.3. The predicted molar refractivity (Wildman–Crippen MR) is 93.0 cm³/mol. The number of hydrogen-bond acceptors (Lipinski definition) is 7. The molecular formula is C18H20N4O3. The third-order valence-corrected chi connectivity index (χ3v) is 3.63. The van der Waals surface area contributed by atoms with Gasteiger partial charge in [0.2, 0.25) is 0 Å². The highest BCUT2D eigenvalue weighted by Gasteiger charge is 2.20. The number of ether oxygens (including phenoxy) is 2. The van der Waals surface area contributed by atoms with Crippen molar-refractivity contribution < 1.29 is 14.3 Å². The van der Waals surface area contributed by atoms with Gasteiger partial charge < -0.3 is 19.7 Å². The van der Waals surface area contributed by atoms with E-state index in [-0.39, 0.29) is 5.57 Å². The first-order valence-electron chi connectivity index (χ1n) is 8.10. The smallest absolute Gasteiger partial charge is 0.340 e. The lowest BCUT2D eigenvalue weighted by molar-refractivity contribution is 0.0505. The van der Waals surface area contributed by atoms with Crippen LogP contribution in [0.3, 0.4) is 0 Å². The van der Waals surface area contributed by atoms with Gasteiger partial charge in [-0.2, -0.15) is 10.5 Å². The Balaban J connectivity index is 2.30. The van der Waals surface area contributed by atoms with Crippen LogP contribution in [-0.4, -0.2) is 38.9 Å². The van der Waals surface area contributed by atoms with E-state index in [0.29, 0.717) is 44.2 Å². The van der Waals surface area contributed by atoms with Crippen LogP contribution in [-0.2, 0) is 9.47 Å². The van der Waals surface area contributed by atoms with E-state index in [9.17, 15) is 4.79 Å². The molecule has 130 valence electrons. The summed E-state index contributed by atoms with van der Waals surface area (Å²) in [5.74, 6) is -0.392. The second-order valence-electron chi connectivity index (χ2n) is 5.39. The van der Waals surface area contributed by atoms with Gasteiger partial charge in [0.1, 0.15) is 17.7 Å². The molecule has 1 aliphatic rings. The van der Waals surface area contributed by atoms with Crippen molar-refractivity contribution in [1.82, 2.24) is 0 Å². The van der Waals surface area contributed by atoms with Gasteiger partial charge in [0.25, 0.3) is 0 Å². The number of morpholine rings is 1. The summed E-state index contributed by atoms with van der Waals surface area (Å²) in [4.78, 5) is 14.5. The SMILES string of the molecule is CCCOC(=O)c1cc(NC=C(C#N)C#N)ccc1N1CCOCC1. The standard InChI is InChI=1S/C18H20N4O3/c1-2-7-25-18(23)16-10-15(21-13-14(11-19)12-20)3-4-17(16)22-5-8-24-9-6-22/h3-4,10,13,21H,2,5-9H2,1H3. The molecule has 1 aromatic rings. The molecule has 1 aromatic carbocycles. The van der Waals surface area contributed by atoms with Crippen LogP contribution in [0, 0.1) is 22.7 Å². The number of anilines is 2. The number of carbonyl (C=O) groups is 1. The van der Waals surface area contributed by atoms with E-state index in [4.69, 9.17) is 20.0 Å². The first-order chi connectivity index (χ1) is 12.2. The van der Waals surface area contributed by atoms with Crippen LogP contribution in [0.5, 0.6) is 0 Å². The van der Waals surface area contributed by atoms with Crippen molar-refractivity contribution in [1.29, 1.82) is 10.5 Å². The predicted octanol–water partition coefficient (Wildman–Crippen LogP) is 2.43. The zero-order valence-corrected chi connectivity index (χ0v) is 14.1. The maximum Gasteiger partial charge on any atom is 0.340 e. The van der Waals surface area contributed by atoms with E-state index in [1.165, 1.54) is 6.20 Å². The highest BCUT2D eigenvalue weighted by Crippen LogP contribution is 2.26. The monoisotopic (exact) mass is 340 g/mol. The Hall–Kier alpha value is -3.03. The first kappa shape index (κ1) is 18.3. The van der Waals surface area contributed by atoms with E-state index < -0.39 is 5.97 Å². The largest absolute Gasteiger partial charge is 0.462 e. The van der Waals surface area contributed by atoms with E-state index in [2.05, 4.69) is 10.2 Å². The lowest BCUT2D eigenvalue weighted by Gasteiger charge is -2.30. The van der Waals surface area contributed by atoms with Crippen molar-refractivity contribution in [3.63, 3.8) is 0 Å². The molecule has 25 heavy (non-hydrogen) atoms. The van der Waals surface area contributed by atoms with Gasteiger partial charge in [-0.25, -0.2) is 4.79 Å². The van der Waals surface area contributed by atoms with Crippen molar-refractivity contribution in [3.05, 3.63) is 35.5 Å². The van der Waals surface area contributed by atoms with E-state index in [1.54, 1.807) is 24.3 Å². The van der Waals surface area contributed by atoms with Crippen LogP contribution in [0.15, 0.2) is 30.0 Å². The van der Waals surface area contributed by atoms with Crippen molar-refractivity contribution in [2.24, 2.45) is 0 Å². The molecule has 1 saturated heterocycles. The Morgan fingerprint density at radius 2 is 2.08 bits per heavy atom. The van der Waals surface area contributed by atoms with Crippen LogP contribution < -0.4 is 10.2 Å². The van der Waals surface area contributed by atoms with Crippen molar-refractivity contribution in [2.75, 3.05) is 43.1 Å². The van der Waals surface area contributed by atoms with Gasteiger partial charge in [-0.15, -0.1) is 0 Å². The molecule has 0 bridgehead atoms. The molecule has 7 nitrogen and oxygen atoms in total. The summed E-state index contributed by atoms with van der Waals surface area (Å²) in [5, 5.41) is 20.4. The summed E-state index contributed by atoms with van der Waals surface area (Å²) in [6.45, 7) is 4.91. The van der Waals surface area contributed by atoms with E-state index >= 15 is 0 Å². The zero-order chi connectivity index (χ0) is 18.1. The molecule has 1 fully saturated rings. The van der Waals surface area contributed by atoms with Crippen LogP contribution in [0.25, 0.3) is 0 Å². The van der Waals surface area contributed by atoms with Gasteiger partial charge in [-0.3, -0.25) is 0 Å². The molecule has 0 atom stereocenters. The minimum atomic E-state index is -0.392. The van der Waals surface area contributed by atoms with Gasteiger partial charge in [-0.1, -0.05) is 6.92 Å². The molecule has 0 amide bonds. The minimum absolute atomic E-state index is 0.0487. The number of esters is 1. The fourth-order valence-corrected chi connectivity index (χ4v) is 2.39. The Kier molecular flexibility index (Phi) is 6.82. The van der Waals surface area contributed by atoms with Crippen LogP contribution in [0.4, 0.5) is 11.4 Å². The maximum absolute atomic E-state index is 12.4. The Bertz CT molecular complexity index is 709. The minimum Gasteiger partial charge on any atom is -0.462 e. The third-order valence-electron chi connectivity index (χ3n) is 3.63. The number of rotatable bonds is 6. The Labute approximate surface area is 147 Å². The van der Waals surface area contributed by atoms with Crippen molar-refractivity contribution >= 4 is 17.3 Å². The highest BCUT2D eigenvalue weighted by molar-refractivity contribution is 5.97. The summed E-state index contributed by atoms with van der Waals surface area (Å²) < 4.78 is 10.6. The highest BCUT2D eigenvalue weighted by atomic mass is 16.5. The van der Waals surface area contributed by atoms with Gasteiger partial charge in [-0.05, 0) is 24.6 Å². The third kappa shape index (κ3) is 4.97. The molecule has 2 rings (SSSR count). The van der Waals surface area contributed by atoms with Gasteiger partial charge in [0.05, 0.1) is 31.1 Å². The van der Waals surface area contributed by atoms with Gasteiger partial charge >= 0.3 is 5.97 Å². The van der Waals surface area contributed by atoms with Gasteiger partial charge in [0, 0.05) is 25.0 Å². The van der Waals surface area contributed by atoms with Crippen molar-refractivity contribution in [2.45, 2.75) is 13.3 Å². The molecule has 0 spiro atoms. The molecule has 1 aliphatic heterocycles. The van der Waals surface area contributed by atoms with Gasteiger partial charge in [0.15, 0.2) is 0 Å². The number of carbonyl (C=O) groups excluding carboxylic acids is 1. The molecule has 1 heterocycles. The molecule has 7 heteroatoms. The summed E-state index contributed by atoms with van der Waals surface area (Å²) in [6.07, 6.45) is 2.05. The lowest BCUT2D eigenvalue weighted by atomic mass is 10.1. The second-order valence-corrected chi connectivity index (χ2v) is 5.39. The molecule has 0 aliphatic carbocycles. The molecule has 1 N–H and O–H groups in total. The number of nitrogens with one attached hydrogen (secondary N) is 1. The van der Waals surface area contributed by atoms with Crippen LogP contribution in [0.2, 0.25) is 0 Å². The second kappa shape index (κ2) is 9.31. The molecule has 0 unspecified atom stereocenters. The number of hydrogen-bond donors (Lipinski definition) is 1. The molecular weight excluding hydrogens is 320 g/mol. The summed E-state index contributed by atoms with van der Waals surface area (Å²) in [7, 11) is 0. The fraction of sp³-hybridized carbons (Fsp3) is 0.389. The Morgan fingerprint density at radius 1 is 1.36 bits per heavy atom. The number of nitrogens with zero attached hydrogens (tertiary/aromatic N) is 3. The average molecular weight is 340 g/mol. The fourth-order valence-electron chi connectivity index (χ4n) is 2.39. The summed E-state index contributed by atoms with van der Waals surface area (Å²) in [6, 6.07) is 8.85. The van der Waals surface area contributed by atoms with E-state index in [0.717, 1.165) is 12.1 Å². The topological polar surface area (TPSA) is 98.4 Å². The number of benzene rings is 1. The molecule has 0 radical (unpaired) electrons. The molecule has 0 saturated carbocycles. The summed E-state index contributed by atoms with van der Waals surface area (Å²) >= 11 is 0. The molecule has 0 aromatic heterocycles. The zero-order valence-electron chi connectivity index (χ0n) is 14.1. The van der Waals surface area contributed by atoms with Crippen molar-refractivity contribution in [3.8, 4) is 12.1 Å². The number of allylic oxidation sites excluding steroid dienone is 1. The lowest BCUT2D eigenvalue weighted by Crippen LogP contribution is -2.37. The quantitative estimate of drug-likeness (QED) is 0.627.